The van der Waals surface area contributed by atoms with Gasteiger partial charge in [0.05, 0.1) is 5.69 Å². The van der Waals surface area contributed by atoms with Crippen molar-refractivity contribution < 1.29 is 18.0 Å². The van der Waals surface area contributed by atoms with E-state index in [9.17, 15) is 22.8 Å². The summed E-state index contributed by atoms with van der Waals surface area (Å²) in [7, 11) is 0. The second-order valence-electron chi connectivity index (χ2n) is 8.21. The standard InChI is InChI=1S/C20H19F3N6O2/c1-9-5-15(20(21,22)23)29-16(24-9)6-14(27-29)19(31)28-7-11-3-4-12-17(13(11)8-28)25-10(2)26-18(12)30/h5-6,11,13H,3-4,7-8H2,1-2H3,(H,25,26,30)/t11-,13+/m1/s1. The Kier molecular flexibility index (Phi) is 4.21. The lowest BCUT2D eigenvalue weighted by molar-refractivity contribution is -0.142. The summed E-state index contributed by atoms with van der Waals surface area (Å²) in [6.07, 6.45) is -3.28. The van der Waals surface area contributed by atoms with E-state index in [1.165, 1.54) is 13.0 Å². The van der Waals surface area contributed by atoms with Crippen LogP contribution in [0.15, 0.2) is 16.9 Å². The van der Waals surface area contributed by atoms with Crippen LogP contribution in [0.2, 0.25) is 0 Å². The molecule has 0 saturated carbocycles. The van der Waals surface area contributed by atoms with Crippen molar-refractivity contribution in [1.82, 2.24) is 29.5 Å². The van der Waals surface area contributed by atoms with E-state index < -0.39 is 17.8 Å². The normalized spacial score (nSPS) is 20.7. The van der Waals surface area contributed by atoms with E-state index in [1.54, 1.807) is 11.8 Å². The molecule has 2 atom stereocenters. The largest absolute Gasteiger partial charge is 0.433 e. The van der Waals surface area contributed by atoms with Crippen LogP contribution in [0.1, 0.15) is 51.3 Å². The number of halogens is 3. The van der Waals surface area contributed by atoms with E-state index in [2.05, 4.69) is 20.1 Å². The Labute approximate surface area is 174 Å². The third-order valence-electron chi connectivity index (χ3n) is 6.08. The SMILES string of the molecule is Cc1cc(C(F)(F)F)n2nc(C(=O)N3C[C@H]4CCc5c(nc(C)[nH]c5=O)[C@H]4C3)cc2n1. The van der Waals surface area contributed by atoms with Crippen molar-refractivity contribution >= 4 is 11.6 Å². The number of amides is 1. The Hall–Kier alpha value is -3.24. The quantitative estimate of drug-likeness (QED) is 0.636. The van der Waals surface area contributed by atoms with Gasteiger partial charge in [-0.3, -0.25) is 9.59 Å². The number of rotatable bonds is 1. The predicted octanol–water partition coefficient (Wildman–Crippen LogP) is 2.25. The first-order valence-electron chi connectivity index (χ1n) is 9.95. The number of alkyl halides is 3. The summed E-state index contributed by atoms with van der Waals surface area (Å²) in [6, 6.07) is 2.19. The molecule has 162 valence electrons. The Morgan fingerprint density at radius 2 is 1.97 bits per heavy atom. The van der Waals surface area contributed by atoms with E-state index >= 15 is 0 Å². The molecule has 0 bridgehead atoms. The van der Waals surface area contributed by atoms with Gasteiger partial charge in [0.25, 0.3) is 11.5 Å². The Morgan fingerprint density at radius 1 is 1.19 bits per heavy atom. The van der Waals surface area contributed by atoms with Crippen molar-refractivity contribution in [3.05, 3.63) is 56.7 Å². The van der Waals surface area contributed by atoms with Crippen molar-refractivity contribution in [3.8, 4) is 0 Å². The molecular weight excluding hydrogens is 413 g/mol. The third kappa shape index (κ3) is 3.19. The van der Waals surface area contributed by atoms with Gasteiger partial charge in [-0.15, -0.1) is 0 Å². The number of nitrogens with one attached hydrogen (secondary N) is 1. The van der Waals surface area contributed by atoms with Gasteiger partial charge in [-0.05, 0) is 38.7 Å². The first kappa shape index (κ1) is 19.7. The molecule has 1 aliphatic heterocycles. The summed E-state index contributed by atoms with van der Waals surface area (Å²) in [5.74, 6) is 0.148. The van der Waals surface area contributed by atoms with Gasteiger partial charge in [-0.2, -0.15) is 18.3 Å². The van der Waals surface area contributed by atoms with Crippen molar-refractivity contribution in [2.75, 3.05) is 13.1 Å². The van der Waals surface area contributed by atoms with Crippen LogP contribution in [-0.2, 0) is 12.6 Å². The summed E-state index contributed by atoms with van der Waals surface area (Å²) in [5.41, 5.74) is 0.333. The molecule has 0 spiro atoms. The lowest BCUT2D eigenvalue weighted by Crippen LogP contribution is -2.29. The number of aromatic amines is 1. The topological polar surface area (TPSA) is 96.3 Å². The molecule has 3 aromatic rings. The minimum absolute atomic E-state index is 0.0264. The van der Waals surface area contributed by atoms with Crippen molar-refractivity contribution in [2.45, 2.75) is 38.8 Å². The predicted molar refractivity (Wildman–Crippen MR) is 103 cm³/mol. The first-order valence-corrected chi connectivity index (χ1v) is 9.95. The van der Waals surface area contributed by atoms with Crippen LogP contribution in [0, 0.1) is 19.8 Å². The summed E-state index contributed by atoms with van der Waals surface area (Å²) in [5, 5.41) is 3.93. The number of fused-ring (bicyclic) bond motifs is 4. The van der Waals surface area contributed by atoms with Gasteiger partial charge in [-0.25, -0.2) is 14.5 Å². The number of likely N-dealkylation sites (tertiary alicyclic amines) is 1. The monoisotopic (exact) mass is 432 g/mol. The molecule has 1 aliphatic carbocycles. The van der Waals surface area contributed by atoms with Crippen LogP contribution in [0.5, 0.6) is 0 Å². The maximum atomic E-state index is 13.4. The molecule has 1 amide bonds. The second-order valence-corrected chi connectivity index (χ2v) is 8.21. The van der Waals surface area contributed by atoms with Gasteiger partial charge >= 0.3 is 6.18 Å². The highest BCUT2D eigenvalue weighted by atomic mass is 19.4. The summed E-state index contributed by atoms with van der Waals surface area (Å²) in [4.78, 5) is 38.3. The zero-order valence-electron chi connectivity index (χ0n) is 16.8. The summed E-state index contributed by atoms with van der Waals surface area (Å²) < 4.78 is 40.9. The molecule has 3 aromatic heterocycles. The molecule has 1 fully saturated rings. The lowest BCUT2D eigenvalue weighted by Gasteiger charge is -2.25. The average molecular weight is 432 g/mol. The van der Waals surface area contributed by atoms with Crippen molar-refractivity contribution in [3.63, 3.8) is 0 Å². The van der Waals surface area contributed by atoms with Gasteiger partial charge in [0, 0.05) is 36.3 Å². The molecule has 31 heavy (non-hydrogen) atoms. The number of hydrogen-bond acceptors (Lipinski definition) is 5. The number of aromatic nitrogens is 5. The first-order chi connectivity index (χ1) is 14.6. The maximum Gasteiger partial charge on any atom is 0.433 e. The van der Waals surface area contributed by atoms with Crippen LogP contribution < -0.4 is 5.56 Å². The van der Waals surface area contributed by atoms with E-state index in [0.29, 0.717) is 35.4 Å². The molecule has 0 unspecified atom stereocenters. The van der Waals surface area contributed by atoms with Crippen molar-refractivity contribution in [1.29, 1.82) is 0 Å². The number of nitrogens with zero attached hydrogens (tertiary/aromatic N) is 5. The second kappa shape index (κ2) is 6.63. The average Bonchev–Trinajstić information content (AvgIpc) is 3.29. The molecule has 0 radical (unpaired) electrons. The number of aryl methyl sites for hydroxylation is 2. The highest BCUT2D eigenvalue weighted by Gasteiger charge is 2.42. The fraction of sp³-hybridized carbons (Fsp3) is 0.450. The third-order valence-corrected chi connectivity index (χ3v) is 6.08. The van der Waals surface area contributed by atoms with Crippen molar-refractivity contribution in [2.24, 2.45) is 5.92 Å². The van der Waals surface area contributed by atoms with Crippen LogP contribution in [0.3, 0.4) is 0 Å². The van der Waals surface area contributed by atoms with Gasteiger partial charge in [-0.1, -0.05) is 0 Å². The number of carbonyl (C=O) groups excluding carboxylic acids is 1. The molecule has 11 heteroatoms. The zero-order valence-corrected chi connectivity index (χ0v) is 16.8. The zero-order chi connectivity index (χ0) is 22.1. The van der Waals surface area contributed by atoms with E-state index in [-0.39, 0.29) is 34.4 Å². The fourth-order valence-electron chi connectivity index (χ4n) is 4.72. The van der Waals surface area contributed by atoms with Crippen LogP contribution >= 0.6 is 0 Å². The number of carbonyl (C=O) groups is 1. The molecule has 2 aliphatic rings. The van der Waals surface area contributed by atoms with Gasteiger partial charge in [0.15, 0.2) is 11.3 Å². The fourth-order valence-corrected chi connectivity index (χ4v) is 4.72. The Balaban J connectivity index is 1.48. The van der Waals surface area contributed by atoms with Gasteiger partial charge in [0.1, 0.15) is 11.5 Å². The molecule has 1 N–H and O–H groups in total. The molecule has 8 nitrogen and oxygen atoms in total. The van der Waals surface area contributed by atoms with Gasteiger partial charge < -0.3 is 9.88 Å². The summed E-state index contributed by atoms with van der Waals surface area (Å²) >= 11 is 0. The minimum Gasteiger partial charge on any atom is -0.336 e. The van der Waals surface area contributed by atoms with Crippen LogP contribution in [0.25, 0.3) is 5.65 Å². The van der Waals surface area contributed by atoms with Gasteiger partial charge in [0.2, 0.25) is 0 Å². The number of H-pyrrole nitrogens is 1. The van der Waals surface area contributed by atoms with Crippen LogP contribution in [0.4, 0.5) is 13.2 Å². The van der Waals surface area contributed by atoms with Crippen LogP contribution in [-0.4, -0.2) is 48.5 Å². The molecule has 5 rings (SSSR count). The molecule has 1 saturated heterocycles. The Morgan fingerprint density at radius 3 is 2.71 bits per heavy atom. The smallest absolute Gasteiger partial charge is 0.336 e. The van der Waals surface area contributed by atoms with E-state index in [4.69, 9.17) is 0 Å². The summed E-state index contributed by atoms with van der Waals surface area (Å²) in [6.45, 7) is 3.97. The highest BCUT2D eigenvalue weighted by molar-refractivity contribution is 5.93. The number of hydrogen-bond donors (Lipinski definition) is 1. The molecule has 0 aromatic carbocycles. The lowest BCUT2D eigenvalue weighted by atomic mass is 9.80. The van der Waals surface area contributed by atoms with E-state index in [0.717, 1.165) is 18.2 Å². The minimum atomic E-state index is -4.62. The maximum absolute atomic E-state index is 13.4. The van der Waals surface area contributed by atoms with E-state index in [1.807, 2.05) is 0 Å². The highest BCUT2D eigenvalue weighted by Crippen LogP contribution is 2.40. The Bertz CT molecular complexity index is 1280. The molecular formula is C20H19F3N6O2. The molecule has 4 heterocycles.